The maximum absolute atomic E-state index is 13.6. The fraction of sp³-hybridized carbons (Fsp3) is 0.400. The van der Waals surface area contributed by atoms with Gasteiger partial charge in [-0.2, -0.15) is 0 Å². The highest BCUT2D eigenvalue weighted by Crippen LogP contribution is 2.37. The lowest BCUT2D eigenvalue weighted by Crippen LogP contribution is -2.54. The van der Waals surface area contributed by atoms with E-state index in [4.69, 9.17) is 21.1 Å². The van der Waals surface area contributed by atoms with E-state index in [1.807, 2.05) is 12.1 Å². The molecule has 12 heteroatoms. The van der Waals surface area contributed by atoms with Crippen LogP contribution in [0.4, 0.5) is 0 Å². The van der Waals surface area contributed by atoms with Crippen LogP contribution in [0.25, 0.3) is 10.9 Å². The van der Waals surface area contributed by atoms with Gasteiger partial charge in [0, 0.05) is 60.9 Å². The number of nitrogens with one attached hydrogen (secondary N) is 3. The summed E-state index contributed by atoms with van der Waals surface area (Å²) in [5.41, 5.74) is 2.13. The third-order valence-electron chi connectivity index (χ3n) is 8.26. The highest BCUT2D eigenvalue weighted by molar-refractivity contribution is 6.31. The fourth-order valence-electron chi connectivity index (χ4n) is 6.04. The second-order valence-electron chi connectivity index (χ2n) is 10.7. The molecule has 4 amide bonds. The Morgan fingerprint density at radius 1 is 0.976 bits per heavy atom. The molecular weight excluding hydrogens is 562 g/mol. The number of methoxy groups -OCH3 is 2. The van der Waals surface area contributed by atoms with Crippen LogP contribution in [0, 0.1) is 17.8 Å². The van der Waals surface area contributed by atoms with E-state index < -0.39 is 5.92 Å². The Bertz CT molecular complexity index is 1520. The number of carbonyl (C=O) groups is 4. The van der Waals surface area contributed by atoms with Crippen LogP contribution >= 0.6 is 11.6 Å². The number of likely N-dealkylation sites (N-methyl/N-ethyl adjacent to an activating group) is 1. The summed E-state index contributed by atoms with van der Waals surface area (Å²) in [4.78, 5) is 59.0. The number of carbonyl (C=O) groups excluding carboxylic acids is 4. The average molecular weight is 596 g/mol. The number of piperidine rings is 1. The van der Waals surface area contributed by atoms with Gasteiger partial charge < -0.3 is 34.9 Å². The number of fused-ring (bicyclic) bond motifs is 2. The Hall–Kier alpha value is -4.25. The van der Waals surface area contributed by atoms with Gasteiger partial charge in [0.25, 0.3) is 5.91 Å². The van der Waals surface area contributed by atoms with E-state index in [0.29, 0.717) is 41.7 Å². The molecule has 2 fully saturated rings. The first-order chi connectivity index (χ1) is 20.2. The lowest BCUT2D eigenvalue weighted by Gasteiger charge is -2.39. The zero-order valence-corrected chi connectivity index (χ0v) is 24.5. The monoisotopic (exact) mass is 595 g/mol. The molecule has 0 bridgehead atoms. The summed E-state index contributed by atoms with van der Waals surface area (Å²) in [6, 6.07) is 10.5. The molecule has 0 saturated carbocycles. The van der Waals surface area contributed by atoms with Crippen molar-refractivity contribution in [2.45, 2.75) is 6.42 Å². The van der Waals surface area contributed by atoms with Crippen molar-refractivity contribution in [3.05, 3.63) is 58.7 Å². The van der Waals surface area contributed by atoms with Crippen LogP contribution in [0.3, 0.4) is 0 Å². The lowest BCUT2D eigenvalue weighted by atomic mass is 9.79. The van der Waals surface area contributed by atoms with Crippen LogP contribution in [0.5, 0.6) is 11.5 Å². The summed E-state index contributed by atoms with van der Waals surface area (Å²) in [6.07, 6.45) is 1.96. The highest BCUT2D eigenvalue weighted by Gasteiger charge is 2.47. The van der Waals surface area contributed by atoms with Gasteiger partial charge in [-0.1, -0.05) is 17.7 Å². The number of ether oxygens (including phenoxy) is 2. The van der Waals surface area contributed by atoms with Crippen LogP contribution < -0.4 is 20.1 Å². The number of aromatic amines is 1. The van der Waals surface area contributed by atoms with Crippen molar-refractivity contribution in [3.8, 4) is 11.5 Å². The Balaban J connectivity index is 1.36. The molecular formula is C30H34ClN5O6. The zero-order chi connectivity index (χ0) is 30.0. The molecule has 0 aliphatic carbocycles. The van der Waals surface area contributed by atoms with Crippen LogP contribution in [-0.2, 0) is 20.8 Å². The molecule has 3 N–H and O–H groups in total. The van der Waals surface area contributed by atoms with E-state index in [9.17, 15) is 19.2 Å². The first-order valence-corrected chi connectivity index (χ1v) is 14.1. The molecule has 222 valence electrons. The number of rotatable bonds is 8. The topological polar surface area (TPSA) is 133 Å². The number of likely N-dealkylation sites (tertiary alicyclic amines) is 2. The molecule has 2 aliphatic heterocycles. The number of benzene rings is 2. The molecule has 11 nitrogen and oxygen atoms in total. The Labute approximate surface area is 248 Å². The van der Waals surface area contributed by atoms with Crippen LogP contribution in [-0.4, -0.2) is 92.4 Å². The SMILES string of the molecule is CNC(=O)CNC(=O)C1CN(C(=O)Cc2c[nH]c3cc(Cl)ccc23)CC2CN(C(=O)c3ccc(OC)c(OC)c3)CC21. The summed E-state index contributed by atoms with van der Waals surface area (Å²) in [6.45, 7) is 1.22. The molecule has 42 heavy (non-hydrogen) atoms. The summed E-state index contributed by atoms with van der Waals surface area (Å²) in [5, 5.41) is 6.72. The number of hydrogen-bond acceptors (Lipinski definition) is 6. The Morgan fingerprint density at radius 3 is 2.48 bits per heavy atom. The number of aromatic nitrogens is 1. The van der Waals surface area contributed by atoms with E-state index in [-0.39, 0.29) is 55.0 Å². The zero-order valence-electron chi connectivity index (χ0n) is 23.7. The summed E-state index contributed by atoms with van der Waals surface area (Å²) in [5.74, 6) is -0.826. The van der Waals surface area contributed by atoms with Gasteiger partial charge in [-0.15, -0.1) is 0 Å². The number of amides is 4. The fourth-order valence-corrected chi connectivity index (χ4v) is 6.21. The summed E-state index contributed by atoms with van der Waals surface area (Å²) < 4.78 is 10.7. The van der Waals surface area contributed by atoms with Crippen molar-refractivity contribution in [3.63, 3.8) is 0 Å². The second kappa shape index (κ2) is 12.3. The third kappa shape index (κ3) is 5.87. The van der Waals surface area contributed by atoms with E-state index in [1.54, 1.807) is 40.3 Å². The molecule has 3 aromatic rings. The van der Waals surface area contributed by atoms with Crippen molar-refractivity contribution in [2.24, 2.45) is 17.8 Å². The van der Waals surface area contributed by atoms with Gasteiger partial charge in [0.2, 0.25) is 17.7 Å². The summed E-state index contributed by atoms with van der Waals surface area (Å²) >= 11 is 6.11. The van der Waals surface area contributed by atoms with Crippen LogP contribution in [0.2, 0.25) is 5.02 Å². The van der Waals surface area contributed by atoms with E-state index in [2.05, 4.69) is 15.6 Å². The van der Waals surface area contributed by atoms with Gasteiger partial charge in [0.1, 0.15) is 0 Å². The maximum atomic E-state index is 13.6. The van der Waals surface area contributed by atoms with Crippen LogP contribution in [0.15, 0.2) is 42.6 Å². The Kier molecular flexibility index (Phi) is 8.58. The van der Waals surface area contributed by atoms with Crippen molar-refractivity contribution in [2.75, 3.05) is 54.0 Å². The van der Waals surface area contributed by atoms with Crippen molar-refractivity contribution in [1.29, 1.82) is 0 Å². The predicted octanol–water partition coefficient (Wildman–Crippen LogP) is 2.09. The minimum atomic E-state index is -0.581. The molecule has 3 atom stereocenters. The number of hydrogen-bond donors (Lipinski definition) is 3. The van der Waals surface area contributed by atoms with Crippen molar-refractivity contribution in [1.82, 2.24) is 25.4 Å². The van der Waals surface area contributed by atoms with E-state index in [0.717, 1.165) is 16.5 Å². The minimum Gasteiger partial charge on any atom is -0.493 e. The molecule has 2 saturated heterocycles. The lowest BCUT2D eigenvalue weighted by molar-refractivity contribution is -0.139. The van der Waals surface area contributed by atoms with Crippen LogP contribution in [0.1, 0.15) is 15.9 Å². The molecule has 5 rings (SSSR count). The number of halogens is 1. The van der Waals surface area contributed by atoms with Gasteiger partial charge in [0.05, 0.1) is 33.1 Å². The number of nitrogens with zero attached hydrogens (tertiary/aromatic N) is 2. The minimum absolute atomic E-state index is 0.107. The van der Waals surface area contributed by atoms with Gasteiger partial charge >= 0.3 is 0 Å². The van der Waals surface area contributed by atoms with E-state index in [1.165, 1.54) is 21.3 Å². The molecule has 1 aromatic heterocycles. The first-order valence-electron chi connectivity index (χ1n) is 13.7. The third-order valence-corrected chi connectivity index (χ3v) is 8.50. The number of H-pyrrole nitrogens is 1. The quantitative estimate of drug-likeness (QED) is 0.365. The van der Waals surface area contributed by atoms with Gasteiger partial charge in [0.15, 0.2) is 11.5 Å². The first kappa shape index (κ1) is 29.2. The van der Waals surface area contributed by atoms with E-state index >= 15 is 0 Å². The smallest absolute Gasteiger partial charge is 0.254 e. The molecule has 0 radical (unpaired) electrons. The maximum Gasteiger partial charge on any atom is 0.254 e. The standard InChI is InChI=1S/C30H34ClN5O6/c1-32-27(37)12-34-29(39)23-16-35(28(38)9-18-11-33-24-10-20(31)5-6-21(18)24)13-19-14-36(15-22(19)23)30(40)17-4-7-25(41-2)26(8-17)42-3/h4-8,10-11,19,22-23,33H,9,12-16H2,1-3H3,(H,32,37)(H,34,39). The molecule has 0 spiro atoms. The molecule has 3 heterocycles. The normalized spacial score (nSPS) is 19.8. The molecule has 2 aliphatic rings. The van der Waals surface area contributed by atoms with Crippen molar-refractivity contribution >= 4 is 46.1 Å². The van der Waals surface area contributed by atoms with Gasteiger partial charge in [-0.3, -0.25) is 19.2 Å². The summed E-state index contributed by atoms with van der Waals surface area (Å²) in [7, 11) is 4.54. The second-order valence-corrected chi connectivity index (χ2v) is 11.1. The van der Waals surface area contributed by atoms with Crippen molar-refractivity contribution < 1.29 is 28.7 Å². The molecule has 2 aromatic carbocycles. The average Bonchev–Trinajstić information content (AvgIpc) is 3.62. The predicted molar refractivity (Wildman–Crippen MR) is 157 cm³/mol. The molecule has 3 unspecified atom stereocenters. The highest BCUT2D eigenvalue weighted by atomic mass is 35.5. The Morgan fingerprint density at radius 2 is 1.74 bits per heavy atom. The largest absolute Gasteiger partial charge is 0.493 e. The van der Waals surface area contributed by atoms with Gasteiger partial charge in [-0.05, 0) is 47.7 Å². The van der Waals surface area contributed by atoms with Gasteiger partial charge in [-0.25, -0.2) is 0 Å².